The second-order valence-electron chi connectivity index (χ2n) is 7.61. The Morgan fingerprint density at radius 2 is 2.22 bits per heavy atom. The van der Waals surface area contributed by atoms with Gasteiger partial charge in [-0.2, -0.15) is 0 Å². The number of aromatic amines is 1. The van der Waals surface area contributed by atoms with Gasteiger partial charge in [-0.05, 0) is 51.3 Å². The Labute approximate surface area is 165 Å². The first kappa shape index (κ1) is 18.8. The molecule has 27 heavy (non-hydrogen) atoms. The van der Waals surface area contributed by atoms with Crippen LogP contribution < -0.4 is 5.56 Å². The molecule has 5 nitrogen and oxygen atoms in total. The number of fused-ring (bicyclic) bond motifs is 1. The van der Waals surface area contributed by atoms with E-state index in [2.05, 4.69) is 23.9 Å². The van der Waals surface area contributed by atoms with Gasteiger partial charge in [-0.15, -0.1) is 0 Å². The Morgan fingerprint density at radius 3 is 2.93 bits per heavy atom. The first-order valence-electron chi connectivity index (χ1n) is 8.90. The molecule has 144 valence electrons. The summed E-state index contributed by atoms with van der Waals surface area (Å²) < 4.78 is 21.3. The van der Waals surface area contributed by atoms with E-state index in [1.165, 1.54) is 17.8 Å². The molecule has 0 unspecified atom stereocenters. The number of H-pyrrole nitrogens is 1. The highest BCUT2D eigenvalue weighted by Crippen LogP contribution is 2.45. The van der Waals surface area contributed by atoms with Crippen molar-refractivity contribution in [2.75, 3.05) is 6.61 Å². The number of aliphatic imine (C=N–C) groups is 1. The summed E-state index contributed by atoms with van der Waals surface area (Å²) in [5.74, 6) is 0.187. The summed E-state index contributed by atoms with van der Waals surface area (Å²) in [5.41, 5.74) is 0.974. The van der Waals surface area contributed by atoms with E-state index in [0.29, 0.717) is 18.0 Å². The third-order valence-corrected chi connectivity index (χ3v) is 6.50. The number of benzene rings is 1. The van der Waals surface area contributed by atoms with Crippen molar-refractivity contribution in [3.8, 4) is 0 Å². The van der Waals surface area contributed by atoms with E-state index >= 15 is 0 Å². The molecule has 1 fully saturated rings. The van der Waals surface area contributed by atoms with E-state index in [-0.39, 0.29) is 27.5 Å². The molecule has 0 radical (unpaired) electrons. The molecule has 1 aromatic carbocycles. The number of halogens is 2. The van der Waals surface area contributed by atoms with Gasteiger partial charge in [0.05, 0.1) is 32.5 Å². The van der Waals surface area contributed by atoms with Gasteiger partial charge in [0.15, 0.2) is 5.82 Å². The van der Waals surface area contributed by atoms with E-state index in [1.54, 1.807) is 12.1 Å². The average molecular weight is 410 g/mol. The van der Waals surface area contributed by atoms with Crippen LogP contribution in [0.25, 0.3) is 0 Å². The summed E-state index contributed by atoms with van der Waals surface area (Å²) in [5, 5.41) is 3.62. The number of hydrogen-bond acceptors (Lipinski definition) is 4. The van der Waals surface area contributed by atoms with Crippen molar-refractivity contribution in [3.63, 3.8) is 0 Å². The molecule has 3 heterocycles. The third kappa shape index (κ3) is 3.48. The second kappa shape index (κ2) is 6.79. The van der Waals surface area contributed by atoms with Crippen LogP contribution in [-0.4, -0.2) is 27.0 Å². The SMILES string of the molecule is CC1=Nc2c(c(=O)[nH]n2[C@@H]2CCOC(C)(C)C2)[C@@H](c2ccc(F)c(Cl)c2)S1. The topological polar surface area (TPSA) is 59.4 Å². The van der Waals surface area contributed by atoms with Crippen LogP contribution in [-0.2, 0) is 4.74 Å². The first-order valence-corrected chi connectivity index (χ1v) is 10.2. The van der Waals surface area contributed by atoms with Gasteiger partial charge in [0.2, 0.25) is 0 Å². The molecule has 1 aromatic heterocycles. The lowest BCUT2D eigenvalue weighted by atomic mass is 9.94. The monoisotopic (exact) mass is 409 g/mol. The third-order valence-electron chi connectivity index (χ3n) is 5.03. The van der Waals surface area contributed by atoms with Gasteiger partial charge in [-0.3, -0.25) is 14.6 Å². The molecular formula is C19H21ClFN3O2S. The lowest BCUT2D eigenvalue weighted by molar-refractivity contribution is -0.0705. The number of ether oxygens (including phenoxy) is 1. The normalized spacial score (nSPS) is 24.4. The van der Waals surface area contributed by atoms with Gasteiger partial charge < -0.3 is 4.74 Å². The number of hydrogen-bond donors (Lipinski definition) is 1. The van der Waals surface area contributed by atoms with Crippen molar-refractivity contribution in [3.05, 3.63) is 50.5 Å². The van der Waals surface area contributed by atoms with Crippen LogP contribution in [0.3, 0.4) is 0 Å². The van der Waals surface area contributed by atoms with E-state index in [1.807, 2.05) is 11.6 Å². The fourth-order valence-electron chi connectivity index (χ4n) is 3.80. The van der Waals surface area contributed by atoms with Crippen molar-refractivity contribution in [1.82, 2.24) is 9.78 Å². The second-order valence-corrected chi connectivity index (χ2v) is 9.31. The summed E-state index contributed by atoms with van der Waals surface area (Å²) in [6.45, 7) is 6.67. The van der Waals surface area contributed by atoms with E-state index in [0.717, 1.165) is 23.4 Å². The van der Waals surface area contributed by atoms with Crippen molar-refractivity contribution in [2.24, 2.45) is 4.99 Å². The van der Waals surface area contributed by atoms with Crippen molar-refractivity contribution in [1.29, 1.82) is 0 Å². The standard InChI is InChI=1S/C19H21ClFN3O2S/c1-10-22-17-15(16(27-10)11-4-5-14(21)13(20)8-11)18(25)23-24(17)12-6-7-26-19(2,3)9-12/h4-5,8,12,16H,6-7,9H2,1-3H3,(H,23,25)/t12-,16-/m1/s1. The highest BCUT2D eigenvalue weighted by molar-refractivity contribution is 8.14. The Balaban J connectivity index is 1.80. The molecule has 0 aliphatic carbocycles. The Kier molecular flexibility index (Phi) is 4.72. The van der Waals surface area contributed by atoms with Crippen LogP contribution in [0.4, 0.5) is 10.2 Å². The zero-order valence-electron chi connectivity index (χ0n) is 15.4. The lowest BCUT2D eigenvalue weighted by Crippen LogP contribution is -2.35. The number of thioether (sulfide) groups is 1. The minimum Gasteiger partial charge on any atom is -0.375 e. The molecule has 0 spiro atoms. The molecule has 8 heteroatoms. The highest BCUT2D eigenvalue weighted by Gasteiger charge is 2.35. The maximum absolute atomic E-state index is 13.6. The van der Waals surface area contributed by atoms with Gasteiger partial charge in [0, 0.05) is 6.61 Å². The predicted octanol–water partition coefficient (Wildman–Crippen LogP) is 4.99. The van der Waals surface area contributed by atoms with Gasteiger partial charge in [0.25, 0.3) is 5.56 Å². The minimum atomic E-state index is -0.470. The molecule has 0 bridgehead atoms. The molecule has 2 aliphatic heterocycles. The van der Waals surface area contributed by atoms with E-state index in [4.69, 9.17) is 16.3 Å². The number of rotatable bonds is 2. The van der Waals surface area contributed by atoms with E-state index < -0.39 is 5.82 Å². The quantitative estimate of drug-likeness (QED) is 0.760. The van der Waals surface area contributed by atoms with Crippen LogP contribution in [0.5, 0.6) is 0 Å². The van der Waals surface area contributed by atoms with Gasteiger partial charge in [-0.25, -0.2) is 9.38 Å². The van der Waals surface area contributed by atoms with Crippen LogP contribution in [0.15, 0.2) is 28.0 Å². The molecule has 2 aliphatic rings. The summed E-state index contributed by atoms with van der Waals surface area (Å²) >= 11 is 7.46. The van der Waals surface area contributed by atoms with Crippen LogP contribution in [0, 0.1) is 5.82 Å². The molecule has 1 saturated heterocycles. The van der Waals surface area contributed by atoms with Crippen molar-refractivity contribution in [2.45, 2.75) is 50.5 Å². The molecule has 2 aromatic rings. The zero-order valence-corrected chi connectivity index (χ0v) is 17.0. The van der Waals surface area contributed by atoms with Crippen LogP contribution in [0.2, 0.25) is 5.02 Å². The number of nitrogens with one attached hydrogen (secondary N) is 1. The molecule has 1 N–H and O–H groups in total. The fraction of sp³-hybridized carbons (Fsp3) is 0.474. The smallest absolute Gasteiger partial charge is 0.271 e. The average Bonchev–Trinajstić information content (AvgIpc) is 2.92. The maximum Gasteiger partial charge on any atom is 0.271 e. The summed E-state index contributed by atoms with van der Waals surface area (Å²) in [6.07, 6.45) is 1.61. The molecule has 4 rings (SSSR count). The van der Waals surface area contributed by atoms with Gasteiger partial charge in [-0.1, -0.05) is 29.4 Å². The first-order chi connectivity index (χ1) is 12.7. The molecular weight excluding hydrogens is 389 g/mol. The maximum atomic E-state index is 13.6. The molecule has 2 atom stereocenters. The Bertz CT molecular complexity index is 982. The highest BCUT2D eigenvalue weighted by atomic mass is 35.5. The molecule has 0 amide bonds. The van der Waals surface area contributed by atoms with Crippen molar-refractivity contribution < 1.29 is 9.13 Å². The van der Waals surface area contributed by atoms with Gasteiger partial charge in [0.1, 0.15) is 5.82 Å². The van der Waals surface area contributed by atoms with Crippen LogP contribution >= 0.6 is 23.4 Å². The van der Waals surface area contributed by atoms with Crippen molar-refractivity contribution >= 4 is 34.2 Å². The van der Waals surface area contributed by atoms with Crippen LogP contribution in [0.1, 0.15) is 56.0 Å². The minimum absolute atomic E-state index is 0.0526. The summed E-state index contributed by atoms with van der Waals surface area (Å²) in [4.78, 5) is 17.5. The lowest BCUT2D eigenvalue weighted by Gasteiger charge is -2.36. The Morgan fingerprint density at radius 1 is 1.44 bits per heavy atom. The fourth-order valence-corrected chi connectivity index (χ4v) is 5.09. The zero-order chi connectivity index (χ0) is 19.3. The molecule has 0 saturated carbocycles. The van der Waals surface area contributed by atoms with Gasteiger partial charge >= 0.3 is 0 Å². The van der Waals surface area contributed by atoms with E-state index in [9.17, 15) is 9.18 Å². The number of nitrogens with zero attached hydrogens (tertiary/aromatic N) is 2. The predicted molar refractivity (Wildman–Crippen MR) is 107 cm³/mol. The summed E-state index contributed by atoms with van der Waals surface area (Å²) in [7, 11) is 0. The number of aromatic nitrogens is 2. The largest absolute Gasteiger partial charge is 0.375 e. The Hall–Kier alpha value is -1.57. The summed E-state index contributed by atoms with van der Waals surface area (Å²) in [6, 6.07) is 4.72.